The number of carbonyl (C=O) groups excluding carboxylic acids is 1. The van der Waals surface area contributed by atoms with E-state index in [1.165, 1.54) is 0 Å². The molecular formula is C21H13IN2O3. The highest BCUT2D eigenvalue weighted by atomic mass is 127. The fourth-order valence-corrected chi connectivity index (χ4v) is 3.02. The van der Waals surface area contributed by atoms with Crippen LogP contribution in [0.15, 0.2) is 82.1 Å². The third-order valence-electron chi connectivity index (χ3n) is 4.07. The highest BCUT2D eigenvalue weighted by Gasteiger charge is 2.10. The predicted octanol–water partition coefficient (Wildman–Crippen LogP) is 4.71. The van der Waals surface area contributed by atoms with E-state index in [-0.39, 0.29) is 5.91 Å². The van der Waals surface area contributed by atoms with Crippen LogP contribution in [0.4, 0.5) is 5.82 Å². The Kier molecular flexibility index (Phi) is 4.72. The van der Waals surface area contributed by atoms with Gasteiger partial charge in [0.25, 0.3) is 5.91 Å². The average molecular weight is 468 g/mol. The Bertz CT molecular complexity index is 1180. The molecule has 0 spiro atoms. The topological polar surface area (TPSA) is 72.2 Å². The number of nitrogens with one attached hydrogen (secondary N) is 1. The lowest BCUT2D eigenvalue weighted by Crippen LogP contribution is -2.13. The molecule has 4 rings (SSSR count). The van der Waals surface area contributed by atoms with Crippen LogP contribution in [-0.2, 0) is 0 Å². The second-order valence-electron chi connectivity index (χ2n) is 5.88. The summed E-state index contributed by atoms with van der Waals surface area (Å²) in [6.07, 6.45) is 1.68. The molecule has 0 bridgehead atoms. The van der Waals surface area contributed by atoms with E-state index in [9.17, 15) is 9.59 Å². The van der Waals surface area contributed by atoms with E-state index >= 15 is 0 Å². The van der Waals surface area contributed by atoms with Crippen LogP contribution in [0.3, 0.4) is 0 Å². The molecule has 0 saturated carbocycles. The first-order valence-corrected chi connectivity index (χ1v) is 9.24. The molecule has 1 N–H and O–H groups in total. The molecule has 0 radical (unpaired) electrons. The Labute approximate surface area is 168 Å². The maximum Gasteiger partial charge on any atom is 0.344 e. The largest absolute Gasteiger partial charge is 0.422 e. The number of aromatic nitrogens is 1. The normalized spacial score (nSPS) is 10.7. The van der Waals surface area contributed by atoms with E-state index in [4.69, 9.17) is 4.42 Å². The fourth-order valence-electron chi connectivity index (χ4n) is 2.70. The lowest BCUT2D eigenvalue weighted by atomic mass is 10.0. The lowest BCUT2D eigenvalue weighted by Gasteiger charge is -2.06. The van der Waals surface area contributed by atoms with E-state index in [1.807, 2.05) is 24.3 Å². The van der Waals surface area contributed by atoms with Crippen molar-refractivity contribution in [2.45, 2.75) is 0 Å². The van der Waals surface area contributed by atoms with Crippen LogP contribution < -0.4 is 10.9 Å². The van der Waals surface area contributed by atoms with Crippen molar-refractivity contribution >= 4 is 45.3 Å². The molecule has 1 amide bonds. The first-order chi connectivity index (χ1) is 13.1. The summed E-state index contributed by atoms with van der Waals surface area (Å²) in [6, 6.07) is 19.6. The molecule has 0 unspecified atom stereocenters. The van der Waals surface area contributed by atoms with Crippen molar-refractivity contribution in [1.82, 2.24) is 4.98 Å². The maximum absolute atomic E-state index is 12.4. The van der Waals surface area contributed by atoms with Gasteiger partial charge in [0.15, 0.2) is 0 Å². The van der Waals surface area contributed by atoms with Crippen molar-refractivity contribution in [2.24, 2.45) is 0 Å². The van der Waals surface area contributed by atoms with E-state index < -0.39 is 5.63 Å². The number of hydrogen-bond donors (Lipinski definition) is 1. The summed E-state index contributed by atoms with van der Waals surface area (Å²) in [5, 5.41) is 3.59. The number of nitrogens with zero attached hydrogens (tertiary/aromatic N) is 1. The van der Waals surface area contributed by atoms with Crippen molar-refractivity contribution in [1.29, 1.82) is 0 Å². The van der Waals surface area contributed by atoms with Crippen LogP contribution in [-0.4, -0.2) is 10.9 Å². The van der Waals surface area contributed by atoms with Crippen LogP contribution in [0.25, 0.3) is 22.1 Å². The van der Waals surface area contributed by atoms with Gasteiger partial charge in [-0.05, 0) is 64.6 Å². The number of halogens is 1. The molecule has 0 aliphatic carbocycles. The van der Waals surface area contributed by atoms with E-state index in [1.54, 1.807) is 48.7 Å². The Morgan fingerprint density at radius 1 is 1.00 bits per heavy atom. The van der Waals surface area contributed by atoms with Gasteiger partial charge in [-0.25, -0.2) is 9.78 Å². The maximum atomic E-state index is 12.4. The quantitative estimate of drug-likeness (QED) is 0.349. The Hall–Kier alpha value is -3.00. The molecule has 2 aromatic carbocycles. The van der Waals surface area contributed by atoms with Crippen LogP contribution in [0.5, 0.6) is 0 Å². The zero-order valence-electron chi connectivity index (χ0n) is 14.0. The van der Waals surface area contributed by atoms with Crippen LogP contribution in [0, 0.1) is 3.57 Å². The van der Waals surface area contributed by atoms with E-state index in [0.717, 1.165) is 8.96 Å². The van der Waals surface area contributed by atoms with Gasteiger partial charge in [-0.15, -0.1) is 0 Å². The second kappa shape index (κ2) is 7.32. The number of anilines is 1. The van der Waals surface area contributed by atoms with Crippen LogP contribution in [0.2, 0.25) is 0 Å². The lowest BCUT2D eigenvalue weighted by molar-refractivity contribution is 0.102. The molecule has 132 valence electrons. The molecule has 0 saturated heterocycles. The highest BCUT2D eigenvalue weighted by molar-refractivity contribution is 14.1. The molecule has 0 fully saturated rings. The molecule has 0 aliphatic rings. The standard InChI is InChI=1S/C21H13IN2O3/c22-16-9-10-19(23-12-16)24-20(25)14-7-5-13(6-8-14)17-11-15-3-1-2-4-18(15)27-21(17)26/h1-12H,(H,23,24,25). The van der Waals surface area contributed by atoms with Gasteiger partial charge in [-0.1, -0.05) is 30.3 Å². The van der Waals surface area contributed by atoms with E-state index in [2.05, 4.69) is 32.9 Å². The minimum atomic E-state index is -0.408. The van der Waals surface area contributed by atoms with Gasteiger partial charge in [-0.3, -0.25) is 4.79 Å². The van der Waals surface area contributed by atoms with Gasteiger partial charge in [0.2, 0.25) is 0 Å². The van der Waals surface area contributed by atoms with Gasteiger partial charge in [-0.2, -0.15) is 0 Å². The number of carbonyl (C=O) groups is 1. The molecular weight excluding hydrogens is 455 g/mol. The molecule has 0 aliphatic heterocycles. The molecule has 27 heavy (non-hydrogen) atoms. The third-order valence-corrected chi connectivity index (χ3v) is 4.71. The SMILES string of the molecule is O=C(Nc1ccc(I)cn1)c1ccc(-c2cc3ccccc3oc2=O)cc1. The number of pyridine rings is 1. The highest BCUT2D eigenvalue weighted by Crippen LogP contribution is 2.21. The Balaban J connectivity index is 1.60. The molecule has 4 aromatic rings. The third kappa shape index (κ3) is 3.75. The van der Waals surface area contributed by atoms with Crippen molar-refractivity contribution in [3.8, 4) is 11.1 Å². The Morgan fingerprint density at radius 3 is 2.52 bits per heavy atom. The molecule has 2 heterocycles. The molecule has 0 atom stereocenters. The summed E-state index contributed by atoms with van der Waals surface area (Å²) >= 11 is 2.15. The second-order valence-corrected chi connectivity index (χ2v) is 7.12. The number of para-hydroxylation sites is 1. The van der Waals surface area contributed by atoms with E-state index in [0.29, 0.717) is 28.1 Å². The first kappa shape index (κ1) is 17.4. The number of hydrogen-bond acceptors (Lipinski definition) is 4. The summed E-state index contributed by atoms with van der Waals surface area (Å²) < 4.78 is 6.36. The number of amides is 1. The van der Waals surface area contributed by atoms with Crippen LogP contribution in [0.1, 0.15) is 10.4 Å². The van der Waals surface area contributed by atoms with Gasteiger partial charge in [0.05, 0.1) is 5.56 Å². The van der Waals surface area contributed by atoms with Crippen molar-refractivity contribution in [3.63, 3.8) is 0 Å². The summed E-state index contributed by atoms with van der Waals surface area (Å²) in [5.74, 6) is 0.223. The predicted molar refractivity (Wildman–Crippen MR) is 113 cm³/mol. The van der Waals surface area contributed by atoms with Crippen molar-refractivity contribution in [3.05, 3.63) is 92.5 Å². The first-order valence-electron chi connectivity index (χ1n) is 8.16. The number of rotatable bonds is 3. The molecule has 2 aromatic heterocycles. The minimum Gasteiger partial charge on any atom is -0.422 e. The molecule has 6 heteroatoms. The summed E-state index contributed by atoms with van der Waals surface area (Å²) in [5.41, 5.74) is 1.77. The zero-order chi connectivity index (χ0) is 18.8. The monoisotopic (exact) mass is 468 g/mol. The minimum absolute atomic E-state index is 0.263. The smallest absolute Gasteiger partial charge is 0.344 e. The Morgan fingerprint density at radius 2 is 1.78 bits per heavy atom. The number of fused-ring (bicyclic) bond motifs is 1. The summed E-state index contributed by atoms with van der Waals surface area (Å²) in [6.45, 7) is 0. The number of benzene rings is 2. The van der Waals surface area contributed by atoms with Crippen LogP contribution >= 0.6 is 22.6 Å². The van der Waals surface area contributed by atoms with Crippen molar-refractivity contribution < 1.29 is 9.21 Å². The van der Waals surface area contributed by atoms with Crippen molar-refractivity contribution in [2.75, 3.05) is 5.32 Å². The summed E-state index contributed by atoms with van der Waals surface area (Å²) in [7, 11) is 0. The van der Waals surface area contributed by atoms with Gasteiger partial charge < -0.3 is 9.73 Å². The zero-order valence-corrected chi connectivity index (χ0v) is 16.1. The summed E-state index contributed by atoms with van der Waals surface area (Å²) in [4.78, 5) is 28.8. The fraction of sp³-hybridized carbons (Fsp3) is 0. The van der Waals surface area contributed by atoms with Gasteiger partial charge in [0.1, 0.15) is 11.4 Å². The van der Waals surface area contributed by atoms with Gasteiger partial charge in [0, 0.05) is 20.7 Å². The average Bonchev–Trinajstić information content (AvgIpc) is 2.69. The molecule has 5 nitrogen and oxygen atoms in total. The van der Waals surface area contributed by atoms with Gasteiger partial charge >= 0.3 is 5.63 Å².